The Morgan fingerprint density at radius 3 is 2.21 bits per heavy atom. The van der Waals surface area contributed by atoms with E-state index in [4.69, 9.17) is 0 Å². The lowest BCUT2D eigenvalue weighted by molar-refractivity contribution is -0.384. The molecule has 1 aliphatic heterocycles. The van der Waals surface area contributed by atoms with Crippen LogP contribution in [0.1, 0.15) is 6.42 Å². The molecule has 4 aliphatic carbocycles. The van der Waals surface area contributed by atoms with E-state index in [-0.39, 0.29) is 46.9 Å². The van der Waals surface area contributed by atoms with Gasteiger partial charge in [0.1, 0.15) is 5.69 Å². The Bertz CT molecular complexity index is 815. The first-order valence-electron chi connectivity index (χ1n) is 7.99. The van der Waals surface area contributed by atoms with Crippen LogP contribution in [-0.4, -0.2) is 16.7 Å². The van der Waals surface area contributed by atoms with Crippen molar-refractivity contribution in [3.05, 3.63) is 44.9 Å². The molecule has 1 aromatic carbocycles. The lowest BCUT2D eigenvalue weighted by Crippen LogP contribution is -2.40. The van der Waals surface area contributed by atoms with Gasteiger partial charge in [-0.3, -0.25) is 19.7 Å². The first kappa shape index (κ1) is 14.3. The fourth-order valence-electron chi connectivity index (χ4n) is 5.03. The molecule has 24 heavy (non-hydrogen) atoms. The van der Waals surface area contributed by atoms with Crippen molar-refractivity contribution >= 4 is 39.1 Å². The number of halogens is 1. The molecule has 0 aromatic heterocycles. The number of hydrogen-bond acceptors (Lipinski definition) is 4. The second-order valence-electron chi connectivity index (χ2n) is 7.06. The number of amides is 2. The highest BCUT2D eigenvalue weighted by Crippen LogP contribution is 2.65. The van der Waals surface area contributed by atoms with Crippen LogP contribution in [0.15, 0.2) is 34.8 Å². The fraction of sp³-hybridized carbons (Fsp3) is 0.412. The minimum absolute atomic E-state index is 0.0840. The summed E-state index contributed by atoms with van der Waals surface area (Å²) in [5, 5.41) is 11.4. The Labute approximate surface area is 145 Å². The van der Waals surface area contributed by atoms with E-state index in [2.05, 4.69) is 28.1 Å². The number of nitro groups is 1. The molecule has 6 nitrogen and oxygen atoms in total. The number of allylic oxidation sites excluding steroid dienone is 2. The standard InChI is InChI=1S/C17H13BrN2O4/c18-7-1-4-12(13(5-7)20(23)24)19-16(21)14-8-2-3-9(11-6-10(8)11)15(14)17(19)22/h1-5,8-11,14-15H,6H2/t8-,9-,10-,11-,14+,15+/m1/s1. The second kappa shape index (κ2) is 4.53. The van der Waals surface area contributed by atoms with Crippen molar-refractivity contribution in [2.45, 2.75) is 6.42 Å². The number of hydrogen-bond donors (Lipinski definition) is 0. The zero-order valence-electron chi connectivity index (χ0n) is 12.5. The molecule has 2 amide bonds. The van der Waals surface area contributed by atoms with Crippen LogP contribution < -0.4 is 4.90 Å². The Kier molecular flexibility index (Phi) is 2.71. The predicted molar refractivity (Wildman–Crippen MR) is 88.0 cm³/mol. The molecule has 7 heteroatoms. The van der Waals surface area contributed by atoms with Gasteiger partial charge in [-0.05, 0) is 42.2 Å². The summed E-state index contributed by atoms with van der Waals surface area (Å²) in [6, 6.07) is 4.43. The minimum atomic E-state index is -0.549. The first-order chi connectivity index (χ1) is 11.5. The third-order valence-electron chi connectivity index (χ3n) is 6.04. The van der Waals surface area contributed by atoms with Crippen LogP contribution in [0.3, 0.4) is 0 Å². The summed E-state index contributed by atoms with van der Waals surface area (Å²) in [7, 11) is 0. The van der Waals surface area contributed by atoms with E-state index in [1.54, 1.807) is 6.07 Å². The number of benzene rings is 1. The average Bonchev–Trinajstić information content (AvgIpc) is 3.33. The van der Waals surface area contributed by atoms with Gasteiger partial charge in [-0.25, -0.2) is 4.90 Å². The highest BCUT2D eigenvalue weighted by Gasteiger charge is 2.67. The summed E-state index contributed by atoms with van der Waals surface area (Å²) in [6.45, 7) is 0. The van der Waals surface area contributed by atoms with Crippen molar-refractivity contribution in [1.82, 2.24) is 0 Å². The fourth-order valence-corrected chi connectivity index (χ4v) is 5.38. The Morgan fingerprint density at radius 1 is 1.08 bits per heavy atom. The van der Waals surface area contributed by atoms with Gasteiger partial charge in [0, 0.05) is 10.5 Å². The second-order valence-corrected chi connectivity index (χ2v) is 7.97. The zero-order chi connectivity index (χ0) is 16.7. The quantitative estimate of drug-likeness (QED) is 0.337. The number of anilines is 1. The number of imide groups is 1. The van der Waals surface area contributed by atoms with E-state index in [0.717, 1.165) is 11.3 Å². The Morgan fingerprint density at radius 2 is 1.67 bits per heavy atom. The Hall–Kier alpha value is -2.02. The maximum Gasteiger partial charge on any atom is 0.294 e. The van der Waals surface area contributed by atoms with E-state index < -0.39 is 4.92 Å². The molecule has 6 rings (SSSR count). The summed E-state index contributed by atoms with van der Waals surface area (Å²) < 4.78 is 0.539. The lowest BCUT2D eigenvalue weighted by Gasteiger charge is -2.37. The maximum atomic E-state index is 13.0. The molecular weight excluding hydrogens is 376 g/mol. The topological polar surface area (TPSA) is 80.5 Å². The molecule has 3 fully saturated rings. The van der Waals surface area contributed by atoms with Crippen molar-refractivity contribution < 1.29 is 14.5 Å². The monoisotopic (exact) mass is 388 g/mol. The van der Waals surface area contributed by atoms with Crippen LogP contribution in [0.2, 0.25) is 0 Å². The average molecular weight is 389 g/mol. The molecule has 0 unspecified atom stereocenters. The van der Waals surface area contributed by atoms with Crippen molar-refractivity contribution in [3.8, 4) is 0 Å². The molecular formula is C17H13BrN2O4. The zero-order valence-corrected chi connectivity index (χ0v) is 14.0. The summed E-state index contributed by atoms with van der Waals surface area (Å²) in [5.74, 6) is -0.00290. The summed E-state index contributed by atoms with van der Waals surface area (Å²) in [5.41, 5.74) is -0.143. The lowest BCUT2D eigenvalue weighted by atomic mass is 9.63. The molecule has 0 spiro atoms. The van der Waals surface area contributed by atoms with E-state index in [1.807, 2.05) is 0 Å². The highest BCUT2D eigenvalue weighted by molar-refractivity contribution is 9.10. The van der Waals surface area contributed by atoms with Gasteiger partial charge in [0.2, 0.25) is 11.8 Å². The van der Waals surface area contributed by atoms with Gasteiger partial charge >= 0.3 is 0 Å². The van der Waals surface area contributed by atoms with Crippen molar-refractivity contribution in [3.63, 3.8) is 0 Å². The largest absolute Gasteiger partial charge is 0.294 e. The molecule has 2 bridgehead atoms. The summed E-state index contributed by atoms with van der Waals surface area (Å²) >= 11 is 3.20. The number of nitro benzene ring substituents is 1. The van der Waals surface area contributed by atoms with Crippen LogP contribution in [0.4, 0.5) is 11.4 Å². The highest BCUT2D eigenvalue weighted by atomic mass is 79.9. The van der Waals surface area contributed by atoms with Gasteiger partial charge < -0.3 is 0 Å². The third kappa shape index (κ3) is 1.65. The molecule has 122 valence electrons. The van der Waals surface area contributed by atoms with Crippen LogP contribution >= 0.6 is 15.9 Å². The van der Waals surface area contributed by atoms with Gasteiger partial charge in [-0.1, -0.05) is 28.1 Å². The maximum absolute atomic E-state index is 13.0. The van der Waals surface area contributed by atoms with E-state index in [1.165, 1.54) is 12.1 Å². The smallest absolute Gasteiger partial charge is 0.274 e. The SMILES string of the molecule is O=C1[C@H]2[C@@H]3C=C[C@H]([C@H]4C[C@H]34)[C@@H]2C(=O)N1c1ccc(Br)cc1[N+](=O)[O-]. The molecule has 2 saturated carbocycles. The third-order valence-corrected chi connectivity index (χ3v) is 6.53. The predicted octanol–water partition coefficient (Wildman–Crippen LogP) is 2.91. The minimum Gasteiger partial charge on any atom is -0.274 e. The van der Waals surface area contributed by atoms with Gasteiger partial charge in [0.25, 0.3) is 5.69 Å². The molecule has 0 radical (unpaired) electrons. The number of rotatable bonds is 2. The Balaban J connectivity index is 1.61. The molecule has 1 saturated heterocycles. The summed E-state index contributed by atoms with van der Waals surface area (Å²) in [4.78, 5) is 37.9. The summed E-state index contributed by atoms with van der Waals surface area (Å²) in [6.07, 6.45) is 5.27. The number of nitrogens with zero attached hydrogens (tertiary/aromatic N) is 2. The molecule has 5 aliphatic rings. The molecule has 1 heterocycles. The van der Waals surface area contributed by atoms with Crippen molar-refractivity contribution in [1.29, 1.82) is 0 Å². The van der Waals surface area contributed by atoms with Crippen LogP contribution in [0, 0.1) is 45.6 Å². The van der Waals surface area contributed by atoms with Gasteiger partial charge in [-0.2, -0.15) is 0 Å². The van der Waals surface area contributed by atoms with Gasteiger partial charge in [-0.15, -0.1) is 0 Å². The molecule has 1 aromatic rings. The van der Waals surface area contributed by atoms with E-state index in [0.29, 0.717) is 16.3 Å². The number of carbonyl (C=O) groups is 2. The van der Waals surface area contributed by atoms with Crippen LogP contribution in [0.25, 0.3) is 0 Å². The molecule has 6 atom stereocenters. The van der Waals surface area contributed by atoms with E-state index >= 15 is 0 Å². The normalized spacial score (nSPS) is 38.3. The van der Waals surface area contributed by atoms with Crippen LogP contribution in [0.5, 0.6) is 0 Å². The van der Waals surface area contributed by atoms with Gasteiger partial charge in [0.15, 0.2) is 0 Å². The van der Waals surface area contributed by atoms with Crippen molar-refractivity contribution in [2.75, 3.05) is 4.90 Å². The number of carbonyl (C=O) groups excluding carboxylic acids is 2. The molecule has 0 N–H and O–H groups in total. The van der Waals surface area contributed by atoms with Crippen LogP contribution in [-0.2, 0) is 9.59 Å². The van der Waals surface area contributed by atoms with Crippen molar-refractivity contribution in [2.24, 2.45) is 35.5 Å². The van der Waals surface area contributed by atoms with E-state index in [9.17, 15) is 19.7 Å². The van der Waals surface area contributed by atoms with Gasteiger partial charge in [0.05, 0.1) is 16.8 Å². The first-order valence-corrected chi connectivity index (χ1v) is 8.78.